The van der Waals surface area contributed by atoms with E-state index in [0.717, 1.165) is 0 Å². The van der Waals surface area contributed by atoms with E-state index < -0.39 is 5.97 Å². The summed E-state index contributed by atoms with van der Waals surface area (Å²) in [5, 5.41) is 27.5. The second-order valence-corrected chi connectivity index (χ2v) is 2.87. The minimum atomic E-state index is -0.879. The maximum absolute atomic E-state index is 10.2. The summed E-state index contributed by atoms with van der Waals surface area (Å²) in [6, 6.07) is 8.30. The molecule has 0 saturated carbocycles. The average molecular weight is 227 g/mol. The number of benzene rings is 1. The van der Waals surface area contributed by atoms with Gasteiger partial charge in [-0.1, -0.05) is 18.2 Å². The van der Waals surface area contributed by atoms with Gasteiger partial charge in [-0.3, -0.25) is 0 Å². The van der Waals surface area contributed by atoms with Crippen LogP contribution in [0.4, 0.5) is 0 Å². The maximum Gasteiger partial charge on any atom is 0.335 e. The van der Waals surface area contributed by atoms with Crippen LogP contribution in [0.25, 0.3) is 0 Å². The van der Waals surface area contributed by atoms with E-state index in [4.69, 9.17) is 15.3 Å². The molecule has 90 valence electrons. The van der Waals surface area contributed by atoms with Crippen LogP contribution < -0.4 is 5.32 Å². The van der Waals surface area contributed by atoms with E-state index >= 15 is 0 Å². The fourth-order valence-corrected chi connectivity index (χ4v) is 0.864. The summed E-state index contributed by atoms with van der Waals surface area (Å²) in [4.78, 5) is 10.2. The van der Waals surface area contributed by atoms with Gasteiger partial charge in [-0.15, -0.1) is 0 Å². The third-order valence-corrected chi connectivity index (χ3v) is 1.60. The largest absolute Gasteiger partial charge is 0.478 e. The van der Waals surface area contributed by atoms with Crippen molar-refractivity contribution < 1.29 is 20.1 Å². The Balaban J connectivity index is 0.000000293. The maximum atomic E-state index is 10.2. The van der Waals surface area contributed by atoms with Gasteiger partial charge in [0.2, 0.25) is 0 Å². The van der Waals surface area contributed by atoms with Gasteiger partial charge in [0.1, 0.15) is 0 Å². The fraction of sp³-hybridized carbons (Fsp3) is 0.364. The first-order valence-corrected chi connectivity index (χ1v) is 4.93. The fourth-order valence-electron chi connectivity index (χ4n) is 0.864. The summed E-state index contributed by atoms with van der Waals surface area (Å²) in [5.74, 6) is -0.879. The van der Waals surface area contributed by atoms with Gasteiger partial charge in [-0.2, -0.15) is 0 Å². The second kappa shape index (κ2) is 10.1. The van der Waals surface area contributed by atoms with E-state index in [0.29, 0.717) is 18.7 Å². The minimum Gasteiger partial charge on any atom is -0.478 e. The second-order valence-electron chi connectivity index (χ2n) is 2.87. The van der Waals surface area contributed by atoms with Crippen LogP contribution in [0.15, 0.2) is 30.3 Å². The monoisotopic (exact) mass is 227 g/mol. The number of carbonyl (C=O) groups is 1. The number of nitrogens with one attached hydrogen (secondary N) is 1. The molecule has 0 atom stereocenters. The number of rotatable bonds is 5. The van der Waals surface area contributed by atoms with E-state index in [9.17, 15) is 4.79 Å². The number of hydrogen-bond donors (Lipinski definition) is 4. The molecule has 0 spiro atoms. The zero-order chi connectivity index (χ0) is 12.2. The Morgan fingerprint density at radius 1 is 1.06 bits per heavy atom. The summed E-state index contributed by atoms with van der Waals surface area (Å²) in [6.07, 6.45) is 0. The van der Waals surface area contributed by atoms with Gasteiger partial charge in [0.05, 0.1) is 18.8 Å². The van der Waals surface area contributed by atoms with Crippen molar-refractivity contribution in [2.75, 3.05) is 26.3 Å². The highest BCUT2D eigenvalue weighted by Crippen LogP contribution is 1.96. The summed E-state index contributed by atoms with van der Waals surface area (Å²) in [6.45, 7) is 1.42. The van der Waals surface area contributed by atoms with Crippen LogP contribution >= 0.6 is 0 Å². The normalized spacial score (nSPS) is 9.12. The summed E-state index contributed by atoms with van der Waals surface area (Å²) < 4.78 is 0. The lowest BCUT2D eigenvalue weighted by molar-refractivity contribution is 0.0697. The molecule has 0 heterocycles. The van der Waals surface area contributed by atoms with E-state index in [1.807, 2.05) is 0 Å². The van der Waals surface area contributed by atoms with Crippen LogP contribution in [0.1, 0.15) is 10.4 Å². The molecule has 1 rings (SSSR count). The van der Waals surface area contributed by atoms with Crippen molar-refractivity contribution in [3.05, 3.63) is 35.9 Å². The minimum absolute atomic E-state index is 0.139. The Morgan fingerprint density at radius 2 is 1.56 bits per heavy atom. The highest BCUT2D eigenvalue weighted by molar-refractivity contribution is 5.87. The van der Waals surface area contributed by atoms with Gasteiger partial charge in [0.15, 0.2) is 0 Å². The Labute approximate surface area is 94.4 Å². The van der Waals surface area contributed by atoms with E-state index in [1.54, 1.807) is 30.3 Å². The van der Waals surface area contributed by atoms with Crippen LogP contribution in [0.5, 0.6) is 0 Å². The van der Waals surface area contributed by atoms with Gasteiger partial charge in [0.25, 0.3) is 0 Å². The lowest BCUT2D eigenvalue weighted by Crippen LogP contribution is -2.21. The average Bonchev–Trinajstić information content (AvgIpc) is 2.32. The summed E-state index contributed by atoms with van der Waals surface area (Å²) in [5.41, 5.74) is 0.331. The lowest BCUT2D eigenvalue weighted by Gasteiger charge is -1.94. The van der Waals surface area contributed by atoms with Crippen LogP contribution in [-0.2, 0) is 0 Å². The molecule has 0 aliphatic heterocycles. The highest BCUT2D eigenvalue weighted by atomic mass is 16.4. The van der Waals surface area contributed by atoms with E-state index in [2.05, 4.69) is 5.32 Å². The smallest absolute Gasteiger partial charge is 0.335 e. The number of carboxylic acids is 1. The van der Waals surface area contributed by atoms with Crippen LogP contribution in [0.2, 0.25) is 0 Å². The molecule has 0 bridgehead atoms. The molecule has 0 aliphatic carbocycles. The van der Waals surface area contributed by atoms with Crippen LogP contribution in [0.3, 0.4) is 0 Å². The molecule has 1 aromatic rings. The molecule has 0 fully saturated rings. The highest BCUT2D eigenvalue weighted by Gasteiger charge is 1.96. The van der Waals surface area contributed by atoms with Crippen LogP contribution in [-0.4, -0.2) is 47.6 Å². The van der Waals surface area contributed by atoms with Crippen LogP contribution in [0, 0.1) is 0 Å². The summed E-state index contributed by atoms with van der Waals surface area (Å²) >= 11 is 0. The zero-order valence-corrected chi connectivity index (χ0v) is 8.97. The van der Waals surface area contributed by atoms with Crippen molar-refractivity contribution in [2.45, 2.75) is 0 Å². The van der Waals surface area contributed by atoms with Crippen molar-refractivity contribution in [3.8, 4) is 0 Å². The molecule has 0 aromatic heterocycles. The van der Waals surface area contributed by atoms with Gasteiger partial charge in [0, 0.05) is 13.1 Å². The van der Waals surface area contributed by atoms with Crippen molar-refractivity contribution in [3.63, 3.8) is 0 Å². The molecule has 4 N–H and O–H groups in total. The number of aromatic carboxylic acids is 1. The van der Waals surface area contributed by atoms with Crippen molar-refractivity contribution in [1.82, 2.24) is 5.32 Å². The third-order valence-electron chi connectivity index (χ3n) is 1.60. The topological polar surface area (TPSA) is 89.8 Å². The standard InChI is InChI=1S/C7H6O2.C4H11NO2/c8-7(9)6-4-2-1-3-5-6;6-3-1-5-2-4-7/h1-5H,(H,8,9);5-7H,1-4H2. The van der Waals surface area contributed by atoms with Gasteiger partial charge in [-0.05, 0) is 12.1 Å². The van der Waals surface area contributed by atoms with E-state index in [1.165, 1.54) is 0 Å². The molecule has 5 nitrogen and oxygen atoms in total. The number of aliphatic hydroxyl groups is 2. The predicted molar refractivity (Wildman–Crippen MR) is 60.4 cm³/mol. The predicted octanol–water partition coefficient (Wildman–Crippen LogP) is -0.0546. The van der Waals surface area contributed by atoms with Crippen molar-refractivity contribution >= 4 is 5.97 Å². The Bertz CT molecular complexity index is 273. The number of hydrogen-bond acceptors (Lipinski definition) is 4. The Morgan fingerprint density at radius 3 is 1.88 bits per heavy atom. The summed E-state index contributed by atoms with van der Waals surface area (Å²) in [7, 11) is 0. The van der Waals surface area contributed by atoms with Gasteiger partial charge < -0.3 is 20.6 Å². The first-order chi connectivity index (χ1) is 7.72. The third kappa shape index (κ3) is 7.93. The Hall–Kier alpha value is -1.43. The lowest BCUT2D eigenvalue weighted by atomic mass is 10.2. The molecular formula is C11H17NO4. The molecule has 0 saturated heterocycles. The SMILES string of the molecule is O=C(O)c1ccccc1.OCCNCCO. The molecule has 0 amide bonds. The van der Waals surface area contributed by atoms with Crippen molar-refractivity contribution in [1.29, 1.82) is 0 Å². The van der Waals surface area contributed by atoms with Gasteiger partial charge >= 0.3 is 5.97 Å². The van der Waals surface area contributed by atoms with E-state index in [-0.39, 0.29) is 13.2 Å². The number of aliphatic hydroxyl groups excluding tert-OH is 2. The molecular weight excluding hydrogens is 210 g/mol. The molecule has 1 aromatic carbocycles. The van der Waals surface area contributed by atoms with Crippen molar-refractivity contribution in [2.24, 2.45) is 0 Å². The van der Waals surface area contributed by atoms with Gasteiger partial charge in [-0.25, -0.2) is 4.79 Å². The number of carboxylic acid groups (broad SMARTS) is 1. The molecule has 0 aliphatic rings. The molecule has 0 radical (unpaired) electrons. The zero-order valence-electron chi connectivity index (χ0n) is 8.97. The quantitative estimate of drug-likeness (QED) is 0.529. The molecule has 0 unspecified atom stereocenters. The Kier molecular flexibility index (Phi) is 9.20. The first-order valence-electron chi connectivity index (χ1n) is 4.93. The molecule has 16 heavy (non-hydrogen) atoms. The molecule has 5 heteroatoms. The first kappa shape index (κ1) is 14.6.